The molecule has 0 unspecified atom stereocenters. The van der Waals surface area contributed by atoms with Gasteiger partial charge in [0.2, 0.25) is 0 Å². The second-order valence-electron chi connectivity index (χ2n) is 5.14. The van der Waals surface area contributed by atoms with Crippen LogP contribution in [0.2, 0.25) is 0 Å². The van der Waals surface area contributed by atoms with Gasteiger partial charge in [-0.05, 0) is 31.9 Å². The van der Waals surface area contributed by atoms with E-state index in [4.69, 9.17) is 4.99 Å². The van der Waals surface area contributed by atoms with E-state index < -0.39 is 0 Å². The van der Waals surface area contributed by atoms with Gasteiger partial charge in [0.1, 0.15) is 0 Å². The molecule has 0 radical (unpaired) electrons. The van der Waals surface area contributed by atoms with Crippen molar-refractivity contribution in [1.29, 1.82) is 0 Å². The van der Waals surface area contributed by atoms with Crippen LogP contribution in [0.25, 0.3) is 0 Å². The smallest absolute Gasteiger partial charge is 0.190 e. The lowest BCUT2D eigenvalue weighted by molar-refractivity contribution is 0.344. The van der Waals surface area contributed by atoms with Gasteiger partial charge >= 0.3 is 0 Å². The van der Waals surface area contributed by atoms with Crippen molar-refractivity contribution in [3.63, 3.8) is 0 Å². The van der Waals surface area contributed by atoms with E-state index in [2.05, 4.69) is 21.9 Å². The van der Waals surface area contributed by atoms with Crippen molar-refractivity contribution in [3.05, 3.63) is 40.4 Å². The molecule has 100 valence electrons. The standard InChI is InChI=1S/C15H19N3S/c1-12-11-19-15(17-13-6-5-9-16-10-13)18(12)14-7-3-2-4-8-14/h5-6,9-11,14H,2-4,7-8H2,1H3. The Bertz CT molecular complexity index is 591. The molecule has 2 aromatic rings. The fourth-order valence-electron chi connectivity index (χ4n) is 2.80. The first-order valence-corrected chi connectivity index (χ1v) is 7.84. The third kappa shape index (κ3) is 2.78. The minimum Gasteiger partial charge on any atom is -0.318 e. The highest BCUT2D eigenvalue weighted by Gasteiger charge is 2.17. The minimum atomic E-state index is 0.635. The molecule has 0 amide bonds. The van der Waals surface area contributed by atoms with Gasteiger partial charge in [0.15, 0.2) is 4.80 Å². The summed E-state index contributed by atoms with van der Waals surface area (Å²) in [6.45, 7) is 2.19. The summed E-state index contributed by atoms with van der Waals surface area (Å²) in [6, 6.07) is 4.58. The number of aromatic nitrogens is 2. The molecule has 0 atom stereocenters. The van der Waals surface area contributed by atoms with Crippen molar-refractivity contribution in [2.75, 3.05) is 0 Å². The lowest BCUT2D eigenvalue weighted by atomic mass is 9.95. The third-order valence-corrected chi connectivity index (χ3v) is 4.69. The molecule has 0 N–H and O–H groups in total. The van der Waals surface area contributed by atoms with E-state index in [1.165, 1.54) is 37.8 Å². The highest BCUT2D eigenvalue weighted by atomic mass is 32.1. The predicted octanol–water partition coefficient (Wildman–Crippen LogP) is 3.99. The molecule has 0 aliphatic heterocycles. The molecule has 0 bridgehead atoms. The summed E-state index contributed by atoms with van der Waals surface area (Å²) >= 11 is 1.73. The molecule has 3 nitrogen and oxygen atoms in total. The molecule has 1 saturated carbocycles. The summed E-state index contributed by atoms with van der Waals surface area (Å²) < 4.78 is 2.43. The number of rotatable bonds is 2. The topological polar surface area (TPSA) is 30.2 Å². The van der Waals surface area contributed by atoms with E-state index in [1.54, 1.807) is 17.5 Å². The van der Waals surface area contributed by atoms with Crippen molar-refractivity contribution in [2.24, 2.45) is 4.99 Å². The van der Waals surface area contributed by atoms with Gasteiger partial charge in [-0.2, -0.15) is 0 Å². The number of hydrogen-bond donors (Lipinski definition) is 0. The second-order valence-corrected chi connectivity index (χ2v) is 5.98. The van der Waals surface area contributed by atoms with Gasteiger partial charge in [-0.1, -0.05) is 19.3 Å². The van der Waals surface area contributed by atoms with Crippen molar-refractivity contribution in [2.45, 2.75) is 45.1 Å². The number of hydrogen-bond acceptors (Lipinski definition) is 3. The van der Waals surface area contributed by atoms with E-state index in [-0.39, 0.29) is 0 Å². The van der Waals surface area contributed by atoms with Crippen LogP contribution in [0.1, 0.15) is 43.8 Å². The first-order chi connectivity index (χ1) is 9.34. The van der Waals surface area contributed by atoms with E-state index in [0.717, 1.165) is 10.5 Å². The van der Waals surface area contributed by atoms with Crippen LogP contribution in [0.5, 0.6) is 0 Å². The number of pyridine rings is 1. The summed E-state index contributed by atoms with van der Waals surface area (Å²) in [5.74, 6) is 0. The molecule has 2 aromatic heterocycles. The van der Waals surface area contributed by atoms with Gasteiger partial charge < -0.3 is 4.57 Å². The first kappa shape index (κ1) is 12.6. The van der Waals surface area contributed by atoms with Gasteiger partial charge in [0.25, 0.3) is 0 Å². The molecule has 1 aliphatic carbocycles. The van der Waals surface area contributed by atoms with Crippen LogP contribution >= 0.6 is 11.3 Å². The molecular formula is C15H19N3S. The Labute approximate surface area is 117 Å². The van der Waals surface area contributed by atoms with Crippen LogP contribution < -0.4 is 4.80 Å². The van der Waals surface area contributed by atoms with Crippen molar-refractivity contribution in [3.8, 4) is 0 Å². The zero-order valence-corrected chi connectivity index (χ0v) is 12.1. The van der Waals surface area contributed by atoms with Crippen LogP contribution in [0.4, 0.5) is 5.69 Å². The summed E-state index contributed by atoms with van der Waals surface area (Å²) in [4.78, 5) is 10.00. The van der Waals surface area contributed by atoms with Crippen LogP contribution in [0, 0.1) is 6.92 Å². The normalized spacial score (nSPS) is 17.8. The maximum absolute atomic E-state index is 4.76. The molecule has 1 fully saturated rings. The fourth-order valence-corrected chi connectivity index (χ4v) is 3.75. The summed E-state index contributed by atoms with van der Waals surface area (Å²) in [6.07, 6.45) is 10.3. The quantitative estimate of drug-likeness (QED) is 0.813. The molecule has 0 aromatic carbocycles. The van der Waals surface area contributed by atoms with Crippen molar-refractivity contribution in [1.82, 2.24) is 9.55 Å². The molecule has 2 heterocycles. The highest BCUT2D eigenvalue weighted by molar-refractivity contribution is 7.07. The van der Waals surface area contributed by atoms with Gasteiger partial charge in [-0.15, -0.1) is 11.3 Å². The zero-order valence-electron chi connectivity index (χ0n) is 11.2. The lowest BCUT2D eigenvalue weighted by Crippen LogP contribution is -2.23. The van der Waals surface area contributed by atoms with Crippen molar-refractivity contribution < 1.29 is 0 Å². The number of aryl methyl sites for hydroxylation is 1. The lowest BCUT2D eigenvalue weighted by Gasteiger charge is -2.24. The number of thiazole rings is 1. The Kier molecular flexibility index (Phi) is 3.78. The van der Waals surface area contributed by atoms with Crippen LogP contribution in [-0.4, -0.2) is 9.55 Å². The van der Waals surface area contributed by atoms with Crippen LogP contribution in [0.3, 0.4) is 0 Å². The first-order valence-electron chi connectivity index (χ1n) is 6.96. The Morgan fingerprint density at radius 3 is 2.89 bits per heavy atom. The summed E-state index contributed by atoms with van der Waals surface area (Å²) in [7, 11) is 0. The summed E-state index contributed by atoms with van der Waals surface area (Å²) in [5, 5.41) is 2.21. The molecule has 0 saturated heterocycles. The predicted molar refractivity (Wildman–Crippen MR) is 78.6 cm³/mol. The Morgan fingerprint density at radius 2 is 2.16 bits per heavy atom. The molecule has 0 spiro atoms. The Balaban J connectivity index is 2.00. The highest BCUT2D eigenvalue weighted by Crippen LogP contribution is 2.28. The maximum atomic E-state index is 4.76. The van der Waals surface area contributed by atoms with Gasteiger partial charge in [-0.3, -0.25) is 4.98 Å². The van der Waals surface area contributed by atoms with E-state index in [1.807, 2.05) is 18.3 Å². The average molecular weight is 273 g/mol. The number of nitrogens with zero attached hydrogens (tertiary/aromatic N) is 3. The monoisotopic (exact) mass is 273 g/mol. The van der Waals surface area contributed by atoms with Crippen LogP contribution in [-0.2, 0) is 0 Å². The Hall–Kier alpha value is -1.42. The molecule has 3 rings (SSSR count). The molecular weight excluding hydrogens is 254 g/mol. The maximum Gasteiger partial charge on any atom is 0.190 e. The molecule has 19 heavy (non-hydrogen) atoms. The van der Waals surface area contributed by atoms with Gasteiger partial charge in [0, 0.05) is 23.3 Å². The largest absolute Gasteiger partial charge is 0.318 e. The molecule has 1 aliphatic rings. The Morgan fingerprint density at radius 1 is 1.32 bits per heavy atom. The van der Waals surface area contributed by atoms with Gasteiger partial charge in [-0.25, -0.2) is 4.99 Å². The second kappa shape index (κ2) is 5.70. The van der Waals surface area contributed by atoms with E-state index >= 15 is 0 Å². The van der Waals surface area contributed by atoms with Crippen LogP contribution in [0.15, 0.2) is 34.9 Å². The fraction of sp³-hybridized carbons (Fsp3) is 0.467. The average Bonchev–Trinajstić information content (AvgIpc) is 2.82. The SMILES string of the molecule is Cc1csc(=Nc2cccnc2)n1C1CCCCC1. The minimum absolute atomic E-state index is 0.635. The molecule has 4 heteroatoms. The zero-order chi connectivity index (χ0) is 13.1. The van der Waals surface area contributed by atoms with Gasteiger partial charge in [0.05, 0.1) is 11.9 Å². The third-order valence-electron chi connectivity index (χ3n) is 3.73. The van der Waals surface area contributed by atoms with E-state index in [0.29, 0.717) is 6.04 Å². The van der Waals surface area contributed by atoms with E-state index in [9.17, 15) is 0 Å². The van der Waals surface area contributed by atoms with Crippen molar-refractivity contribution >= 4 is 17.0 Å². The summed E-state index contributed by atoms with van der Waals surface area (Å²) in [5.41, 5.74) is 2.27.